The first-order valence-corrected chi connectivity index (χ1v) is 10.1. The summed E-state index contributed by atoms with van der Waals surface area (Å²) in [6, 6.07) is 8.91. The Morgan fingerprint density at radius 2 is 1.97 bits per heavy atom. The van der Waals surface area contributed by atoms with Crippen LogP contribution in [0.5, 0.6) is 0 Å². The molecule has 1 fully saturated rings. The maximum Gasteiger partial charge on any atom is 0.393 e. The second-order valence-electron chi connectivity index (χ2n) is 7.71. The fourth-order valence-electron chi connectivity index (χ4n) is 4.13. The smallest absolute Gasteiger partial charge is 0.337 e. The van der Waals surface area contributed by atoms with Crippen LogP contribution in [0.25, 0.3) is 10.9 Å². The zero-order valence-corrected chi connectivity index (χ0v) is 16.7. The van der Waals surface area contributed by atoms with Gasteiger partial charge in [-0.2, -0.15) is 18.3 Å². The zero-order chi connectivity index (χ0) is 21.3. The highest BCUT2D eigenvalue weighted by atomic mass is 19.4. The van der Waals surface area contributed by atoms with Gasteiger partial charge in [-0.3, -0.25) is 14.9 Å². The number of nitrogens with zero attached hydrogens (tertiary/aromatic N) is 3. The number of pyridine rings is 1. The van der Waals surface area contributed by atoms with Crippen molar-refractivity contribution in [3.05, 3.63) is 59.0 Å². The van der Waals surface area contributed by atoms with Gasteiger partial charge in [0.25, 0.3) is 5.91 Å². The number of H-pyrrole nitrogens is 1. The van der Waals surface area contributed by atoms with Crippen LogP contribution in [0, 0.1) is 0 Å². The topological polar surface area (TPSA) is 61.9 Å². The molecular formula is C22H23F3N4O. The second kappa shape index (κ2) is 8.08. The Labute approximate surface area is 172 Å². The molecule has 0 unspecified atom stereocenters. The van der Waals surface area contributed by atoms with E-state index in [9.17, 15) is 18.0 Å². The van der Waals surface area contributed by atoms with Gasteiger partial charge in [0, 0.05) is 36.3 Å². The van der Waals surface area contributed by atoms with Gasteiger partial charge in [0.1, 0.15) is 5.69 Å². The number of hydrogen-bond acceptors (Lipinski definition) is 3. The first-order chi connectivity index (χ1) is 14.4. The van der Waals surface area contributed by atoms with Crippen molar-refractivity contribution in [3.8, 4) is 0 Å². The van der Waals surface area contributed by atoms with Crippen LogP contribution in [-0.2, 0) is 12.8 Å². The third kappa shape index (κ3) is 4.17. The van der Waals surface area contributed by atoms with E-state index < -0.39 is 12.6 Å². The van der Waals surface area contributed by atoms with E-state index >= 15 is 0 Å². The summed E-state index contributed by atoms with van der Waals surface area (Å²) in [5.74, 6) is 0.0445. The highest BCUT2D eigenvalue weighted by Gasteiger charge is 2.29. The Bertz CT molecular complexity index is 1030. The van der Waals surface area contributed by atoms with Gasteiger partial charge < -0.3 is 4.90 Å². The lowest BCUT2D eigenvalue weighted by Crippen LogP contribution is -2.38. The minimum absolute atomic E-state index is 0.0512. The van der Waals surface area contributed by atoms with Crippen LogP contribution in [0.4, 0.5) is 13.2 Å². The number of likely N-dealkylation sites (tertiary alicyclic amines) is 1. The SMILES string of the molecule is CCc1cccc2c(C3CCN(C(=O)c4ccc(CC(F)(F)F)cn4)CC3)[nH]nc12. The van der Waals surface area contributed by atoms with E-state index in [1.54, 1.807) is 4.90 Å². The van der Waals surface area contributed by atoms with Crippen LogP contribution in [0.3, 0.4) is 0 Å². The fourth-order valence-corrected chi connectivity index (χ4v) is 4.13. The molecule has 5 nitrogen and oxygen atoms in total. The molecule has 158 valence electrons. The minimum atomic E-state index is -4.29. The van der Waals surface area contributed by atoms with Crippen molar-refractivity contribution >= 4 is 16.8 Å². The molecule has 1 aliphatic rings. The van der Waals surface area contributed by atoms with E-state index in [0.717, 1.165) is 42.1 Å². The molecule has 1 aliphatic heterocycles. The summed E-state index contributed by atoms with van der Waals surface area (Å²) < 4.78 is 37.4. The number of amides is 1. The van der Waals surface area contributed by atoms with E-state index in [2.05, 4.69) is 34.2 Å². The molecule has 0 saturated carbocycles. The molecule has 3 heterocycles. The number of alkyl halides is 3. The van der Waals surface area contributed by atoms with Gasteiger partial charge in [-0.25, -0.2) is 0 Å². The molecular weight excluding hydrogens is 393 g/mol. The number of nitrogens with one attached hydrogen (secondary N) is 1. The molecule has 1 amide bonds. The molecule has 3 aromatic rings. The Balaban J connectivity index is 1.42. The highest BCUT2D eigenvalue weighted by Crippen LogP contribution is 2.33. The molecule has 30 heavy (non-hydrogen) atoms. The molecule has 4 rings (SSSR count). The summed E-state index contributed by atoms with van der Waals surface area (Å²) in [6.45, 7) is 3.25. The van der Waals surface area contributed by atoms with E-state index in [0.29, 0.717) is 13.1 Å². The van der Waals surface area contributed by atoms with Crippen molar-refractivity contribution in [1.82, 2.24) is 20.1 Å². The van der Waals surface area contributed by atoms with Gasteiger partial charge in [0.05, 0.1) is 11.9 Å². The summed E-state index contributed by atoms with van der Waals surface area (Å²) in [4.78, 5) is 18.4. The van der Waals surface area contributed by atoms with E-state index in [4.69, 9.17) is 0 Å². The van der Waals surface area contributed by atoms with Crippen LogP contribution in [0.2, 0.25) is 0 Å². The van der Waals surface area contributed by atoms with Gasteiger partial charge in [-0.15, -0.1) is 0 Å². The van der Waals surface area contributed by atoms with Gasteiger partial charge in [0.2, 0.25) is 0 Å². The Kier molecular flexibility index (Phi) is 5.49. The number of aromatic amines is 1. The maximum absolute atomic E-state index is 12.7. The van der Waals surface area contributed by atoms with Crippen LogP contribution in [0.15, 0.2) is 36.5 Å². The first-order valence-electron chi connectivity index (χ1n) is 10.1. The molecule has 0 radical (unpaired) electrons. The molecule has 1 aromatic carbocycles. The third-order valence-corrected chi connectivity index (χ3v) is 5.72. The van der Waals surface area contributed by atoms with Crippen LogP contribution in [0.1, 0.15) is 53.0 Å². The van der Waals surface area contributed by atoms with Crippen molar-refractivity contribution < 1.29 is 18.0 Å². The highest BCUT2D eigenvalue weighted by molar-refractivity contribution is 5.92. The van der Waals surface area contributed by atoms with Crippen LogP contribution >= 0.6 is 0 Å². The van der Waals surface area contributed by atoms with Crippen molar-refractivity contribution in [3.63, 3.8) is 0 Å². The minimum Gasteiger partial charge on any atom is -0.337 e. The molecule has 1 N–H and O–H groups in total. The number of carbonyl (C=O) groups is 1. The Morgan fingerprint density at radius 3 is 2.60 bits per heavy atom. The average molecular weight is 416 g/mol. The number of rotatable bonds is 4. The number of aryl methyl sites for hydroxylation is 1. The molecule has 1 saturated heterocycles. The van der Waals surface area contributed by atoms with E-state index in [-0.39, 0.29) is 23.1 Å². The first kappa shape index (κ1) is 20.4. The molecule has 0 spiro atoms. The number of carbonyl (C=O) groups excluding carboxylic acids is 1. The van der Waals surface area contributed by atoms with E-state index in [1.807, 2.05) is 6.07 Å². The fraction of sp³-hybridized carbons (Fsp3) is 0.409. The zero-order valence-electron chi connectivity index (χ0n) is 16.7. The van der Waals surface area contributed by atoms with Gasteiger partial charge in [0.15, 0.2) is 0 Å². The summed E-state index contributed by atoms with van der Waals surface area (Å²) in [6.07, 6.45) is -1.68. The summed E-state index contributed by atoms with van der Waals surface area (Å²) in [5.41, 5.74) is 3.57. The van der Waals surface area contributed by atoms with E-state index in [1.165, 1.54) is 17.7 Å². The van der Waals surface area contributed by atoms with Gasteiger partial charge in [-0.1, -0.05) is 31.2 Å². The molecule has 2 aromatic heterocycles. The van der Waals surface area contributed by atoms with Gasteiger partial charge in [-0.05, 0) is 36.5 Å². The predicted octanol–water partition coefficient (Wildman–Crippen LogP) is 4.64. The van der Waals surface area contributed by atoms with Crippen LogP contribution in [-0.4, -0.2) is 45.3 Å². The molecule has 8 heteroatoms. The second-order valence-corrected chi connectivity index (χ2v) is 7.71. The van der Waals surface area contributed by atoms with Crippen LogP contribution < -0.4 is 0 Å². The third-order valence-electron chi connectivity index (χ3n) is 5.72. The number of piperidine rings is 1. The van der Waals surface area contributed by atoms with Gasteiger partial charge >= 0.3 is 6.18 Å². The monoisotopic (exact) mass is 416 g/mol. The number of halogens is 3. The quantitative estimate of drug-likeness (QED) is 0.674. The molecule has 0 atom stereocenters. The normalized spacial score (nSPS) is 15.7. The number of para-hydroxylation sites is 1. The maximum atomic E-state index is 12.7. The number of aromatic nitrogens is 3. The Morgan fingerprint density at radius 1 is 1.20 bits per heavy atom. The standard InChI is InChI=1S/C22H23F3N4O/c1-2-15-4-3-5-17-19(15)27-28-20(17)16-8-10-29(11-9-16)21(30)18-7-6-14(13-26-18)12-22(23,24)25/h3-7,13,16H,2,8-12H2,1H3,(H,27,28). The summed E-state index contributed by atoms with van der Waals surface area (Å²) in [7, 11) is 0. The number of fused-ring (bicyclic) bond motifs is 1. The largest absolute Gasteiger partial charge is 0.393 e. The van der Waals surface area contributed by atoms with Crippen molar-refractivity contribution in [2.75, 3.05) is 13.1 Å². The Hall–Kier alpha value is -2.90. The summed E-state index contributed by atoms with van der Waals surface area (Å²) in [5, 5.41) is 8.85. The number of hydrogen-bond donors (Lipinski definition) is 1. The lowest BCUT2D eigenvalue weighted by molar-refractivity contribution is -0.127. The molecule has 0 bridgehead atoms. The van der Waals surface area contributed by atoms with Crippen molar-refractivity contribution in [2.24, 2.45) is 0 Å². The number of benzene rings is 1. The molecule has 0 aliphatic carbocycles. The van der Waals surface area contributed by atoms with Crippen molar-refractivity contribution in [1.29, 1.82) is 0 Å². The lowest BCUT2D eigenvalue weighted by Gasteiger charge is -2.31. The average Bonchev–Trinajstić information content (AvgIpc) is 3.17. The summed E-state index contributed by atoms with van der Waals surface area (Å²) >= 11 is 0. The van der Waals surface area contributed by atoms with Crippen molar-refractivity contribution in [2.45, 2.75) is 44.7 Å². The lowest BCUT2D eigenvalue weighted by atomic mass is 9.91. The predicted molar refractivity (Wildman–Crippen MR) is 107 cm³/mol.